The maximum atomic E-state index is 12.2. The summed E-state index contributed by atoms with van der Waals surface area (Å²) >= 11 is 0. The Labute approximate surface area is 170 Å². The number of hydrogen-bond donors (Lipinski definition) is 1. The zero-order valence-electron chi connectivity index (χ0n) is 16.7. The summed E-state index contributed by atoms with van der Waals surface area (Å²) in [6, 6.07) is 18.8. The van der Waals surface area contributed by atoms with Gasteiger partial charge in [0.15, 0.2) is 0 Å². The molecule has 0 atom stereocenters. The summed E-state index contributed by atoms with van der Waals surface area (Å²) in [5.41, 5.74) is 3.63. The van der Waals surface area contributed by atoms with Gasteiger partial charge in [0.05, 0.1) is 19.3 Å². The van der Waals surface area contributed by atoms with E-state index in [0.29, 0.717) is 12.2 Å². The van der Waals surface area contributed by atoms with E-state index in [9.17, 15) is 9.59 Å². The molecule has 6 nitrogen and oxygen atoms in total. The molecule has 1 N–H and O–H groups in total. The molecule has 3 aromatic rings. The summed E-state index contributed by atoms with van der Waals surface area (Å²) in [5.74, 6) is 0.607. The second-order valence-electron chi connectivity index (χ2n) is 6.71. The lowest BCUT2D eigenvalue weighted by atomic mass is 10.1. The van der Waals surface area contributed by atoms with Crippen LogP contribution in [0.25, 0.3) is 11.3 Å². The molecule has 0 bridgehead atoms. The van der Waals surface area contributed by atoms with Crippen LogP contribution in [0.15, 0.2) is 65.5 Å². The first-order chi connectivity index (χ1) is 14.1. The van der Waals surface area contributed by atoms with Crippen molar-refractivity contribution >= 4 is 5.91 Å². The van der Waals surface area contributed by atoms with E-state index in [1.165, 1.54) is 16.3 Å². The summed E-state index contributed by atoms with van der Waals surface area (Å²) < 4.78 is 6.52. The summed E-state index contributed by atoms with van der Waals surface area (Å²) in [7, 11) is 1.61. The Balaban J connectivity index is 1.60. The van der Waals surface area contributed by atoms with Gasteiger partial charge in [-0.2, -0.15) is 5.10 Å². The summed E-state index contributed by atoms with van der Waals surface area (Å²) in [5, 5.41) is 7.28. The molecule has 1 aromatic heterocycles. The van der Waals surface area contributed by atoms with Gasteiger partial charge in [0.2, 0.25) is 5.91 Å². The molecule has 0 aliphatic heterocycles. The molecular weight excluding hydrogens is 366 g/mol. The number of ether oxygens (including phenoxy) is 1. The Morgan fingerprint density at radius 2 is 1.86 bits per heavy atom. The fourth-order valence-corrected chi connectivity index (χ4v) is 2.95. The standard InChI is InChI=1S/C23H25N3O3/c1-3-17-7-9-19(10-8-17)21-11-12-23(28)26(25-21)14-13-22(27)24-16-18-5-4-6-20(15-18)29-2/h4-12,15H,3,13-14,16H2,1-2H3,(H,24,27). The molecule has 0 aliphatic rings. The number of rotatable bonds is 8. The van der Waals surface area contributed by atoms with E-state index in [1.807, 2.05) is 36.4 Å². The SMILES string of the molecule is CCc1ccc(-c2ccc(=O)n(CCC(=O)NCc3cccc(OC)c3)n2)cc1. The number of nitrogens with one attached hydrogen (secondary N) is 1. The van der Waals surface area contributed by atoms with Gasteiger partial charge in [-0.25, -0.2) is 4.68 Å². The van der Waals surface area contributed by atoms with E-state index in [-0.39, 0.29) is 24.4 Å². The molecule has 0 radical (unpaired) electrons. The largest absolute Gasteiger partial charge is 0.497 e. The van der Waals surface area contributed by atoms with Crippen LogP contribution < -0.4 is 15.6 Å². The Morgan fingerprint density at radius 1 is 1.07 bits per heavy atom. The van der Waals surface area contributed by atoms with E-state index in [2.05, 4.69) is 29.5 Å². The molecule has 0 saturated heterocycles. The lowest BCUT2D eigenvalue weighted by molar-refractivity contribution is -0.121. The van der Waals surface area contributed by atoms with Gasteiger partial charge >= 0.3 is 0 Å². The maximum Gasteiger partial charge on any atom is 0.266 e. The third kappa shape index (κ3) is 5.54. The van der Waals surface area contributed by atoms with E-state index in [1.54, 1.807) is 13.2 Å². The van der Waals surface area contributed by atoms with Crippen molar-refractivity contribution in [2.45, 2.75) is 32.9 Å². The monoisotopic (exact) mass is 391 g/mol. The Kier molecular flexibility index (Phi) is 6.79. The van der Waals surface area contributed by atoms with Gasteiger partial charge in [-0.15, -0.1) is 0 Å². The average molecular weight is 391 g/mol. The third-order valence-corrected chi connectivity index (χ3v) is 4.70. The van der Waals surface area contributed by atoms with Crippen molar-refractivity contribution in [1.29, 1.82) is 0 Å². The van der Waals surface area contributed by atoms with Crippen LogP contribution >= 0.6 is 0 Å². The molecule has 3 rings (SSSR count). The zero-order valence-corrected chi connectivity index (χ0v) is 16.7. The minimum absolute atomic E-state index is 0.140. The van der Waals surface area contributed by atoms with Crippen molar-refractivity contribution in [1.82, 2.24) is 15.1 Å². The van der Waals surface area contributed by atoms with Crippen molar-refractivity contribution in [2.24, 2.45) is 0 Å². The van der Waals surface area contributed by atoms with Crippen molar-refractivity contribution in [3.05, 3.63) is 82.1 Å². The first-order valence-corrected chi connectivity index (χ1v) is 9.66. The zero-order chi connectivity index (χ0) is 20.6. The molecule has 0 spiro atoms. The van der Waals surface area contributed by atoms with Crippen LogP contribution in [0, 0.1) is 0 Å². The predicted molar refractivity (Wildman–Crippen MR) is 113 cm³/mol. The van der Waals surface area contributed by atoms with E-state index < -0.39 is 0 Å². The molecule has 0 saturated carbocycles. The number of nitrogens with zero attached hydrogens (tertiary/aromatic N) is 2. The number of carbonyl (C=O) groups is 1. The number of methoxy groups -OCH3 is 1. The van der Waals surface area contributed by atoms with Gasteiger partial charge in [-0.3, -0.25) is 9.59 Å². The molecule has 29 heavy (non-hydrogen) atoms. The number of amides is 1. The number of hydrogen-bond acceptors (Lipinski definition) is 4. The Bertz CT molecular complexity index is 1030. The quantitative estimate of drug-likeness (QED) is 0.640. The highest BCUT2D eigenvalue weighted by Crippen LogP contribution is 2.16. The topological polar surface area (TPSA) is 73.2 Å². The van der Waals surface area contributed by atoms with Crippen LogP contribution in [0.1, 0.15) is 24.5 Å². The first kappa shape index (κ1) is 20.3. The molecule has 1 amide bonds. The van der Waals surface area contributed by atoms with Gasteiger partial charge in [0.1, 0.15) is 5.75 Å². The van der Waals surface area contributed by atoms with E-state index in [4.69, 9.17) is 4.74 Å². The second kappa shape index (κ2) is 9.68. The Hall–Kier alpha value is -3.41. The van der Waals surface area contributed by atoms with Crippen LogP contribution in [0.2, 0.25) is 0 Å². The molecule has 0 fully saturated rings. The van der Waals surface area contributed by atoms with Crippen LogP contribution in [-0.2, 0) is 24.3 Å². The number of benzene rings is 2. The fourth-order valence-electron chi connectivity index (χ4n) is 2.95. The molecule has 0 unspecified atom stereocenters. The van der Waals surface area contributed by atoms with Crippen LogP contribution in [0.5, 0.6) is 5.75 Å². The van der Waals surface area contributed by atoms with Crippen molar-refractivity contribution < 1.29 is 9.53 Å². The predicted octanol–water partition coefficient (Wildman–Crippen LogP) is 3.19. The molecule has 2 aromatic carbocycles. The molecule has 1 heterocycles. The lowest BCUT2D eigenvalue weighted by Gasteiger charge is -2.09. The summed E-state index contributed by atoms with van der Waals surface area (Å²) in [4.78, 5) is 24.3. The first-order valence-electron chi connectivity index (χ1n) is 9.66. The lowest BCUT2D eigenvalue weighted by Crippen LogP contribution is -2.28. The molecule has 150 valence electrons. The fraction of sp³-hybridized carbons (Fsp3) is 0.261. The normalized spacial score (nSPS) is 10.6. The van der Waals surface area contributed by atoms with Crippen LogP contribution in [0.3, 0.4) is 0 Å². The minimum Gasteiger partial charge on any atom is -0.497 e. The van der Waals surface area contributed by atoms with Crippen LogP contribution in [-0.4, -0.2) is 22.8 Å². The third-order valence-electron chi connectivity index (χ3n) is 4.70. The summed E-state index contributed by atoms with van der Waals surface area (Å²) in [6.07, 6.45) is 1.15. The highest BCUT2D eigenvalue weighted by Gasteiger charge is 2.07. The van der Waals surface area contributed by atoms with Gasteiger partial charge in [-0.1, -0.05) is 43.3 Å². The number of aromatic nitrogens is 2. The molecular formula is C23H25N3O3. The van der Waals surface area contributed by atoms with Crippen LogP contribution in [0.4, 0.5) is 0 Å². The molecule has 0 aliphatic carbocycles. The van der Waals surface area contributed by atoms with Crippen molar-refractivity contribution in [2.75, 3.05) is 7.11 Å². The van der Waals surface area contributed by atoms with E-state index >= 15 is 0 Å². The number of carbonyl (C=O) groups excluding carboxylic acids is 1. The van der Waals surface area contributed by atoms with Gasteiger partial charge in [0, 0.05) is 24.6 Å². The second-order valence-corrected chi connectivity index (χ2v) is 6.71. The van der Waals surface area contributed by atoms with Gasteiger partial charge in [0.25, 0.3) is 5.56 Å². The summed E-state index contributed by atoms with van der Waals surface area (Å²) in [6.45, 7) is 2.73. The highest BCUT2D eigenvalue weighted by molar-refractivity contribution is 5.75. The minimum atomic E-state index is -0.223. The average Bonchev–Trinajstić information content (AvgIpc) is 2.77. The smallest absolute Gasteiger partial charge is 0.266 e. The van der Waals surface area contributed by atoms with Gasteiger partial charge in [-0.05, 0) is 35.7 Å². The van der Waals surface area contributed by atoms with E-state index in [0.717, 1.165) is 23.3 Å². The van der Waals surface area contributed by atoms with Crippen molar-refractivity contribution in [3.8, 4) is 17.0 Å². The molecule has 6 heteroatoms. The number of aryl methyl sites for hydroxylation is 2. The highest BCUT2D eigenvalue weighted by atomic mass is 16.5. The van der Waals surface area contributed by atoms with Gasteiger partial charge < -0.3 is 10.1 Å². The van der Waals surface area contributed by atoms with Crippen molar-refractivity contribution in [3.63, 3.8) is 0 Å². The maximum absolute atomic E-state index is 12.2. The Morgan fingerprint density at radius 3 is 2.59 bits per heavy atom.